The second-order valence-electron chi connectivity index (χ2n) is 4.47. The lowest BCUT2D eigenvalue weighted by Crippen LogP contribution is -2.26. The van der Waals surface area contributed by atoms with Gasteiger partial charge in [-0.25, -0.2) is 0 Å². The summed E-state index contributed by atoms with van der Waals surface area (Å²) in [7, 11) is 0. The summed E-state index contributed by atoms with van der Waals surface area (Å²) in [5.74, 6) is 6.20. The van der Waals surface area contributed by atoms with Gasteiger partial charge in [0.05, 0.1) is 6.10 Å². The molecule has 16 heavy (non-hydrogen) atoms. The van der Waals surface area contributed by atoms with E-state index >= 15 is 0 Å². The number of aliphatic hydroxyl groups excluding tert-OH is 1. The zero-order valence-electron chi connectivity index (χ0n) is 9.74. The second kappa shape index (κ2) is 5.18. The molecule has 1 nitrogen and oxygen atoms in total. The van der Waals surface area contributed by atoms with Crippen molar-refractivity contribution < 1.29 is 5.11 Å². The molecule has 1 aromatic rings. The fourth-order valence-corrected chi connectivity index (χ4v) is 2.43. The van der Waals surface area contributed by atoms with Crippen LogP contribution in [0.2, 0.25) is 0 Å². The van der Waals surface area contributed by atoms with Crippen LogP contribution in [0.15, 0.2) is 24.3 Å². The molecular weight excluding hydrogens is 196 g/mol. The van der Waals surface area contributed by atoms with E-state index in [4.69, 9.17) is 0 Å². The molecule has 0 bridgehead atoms. The standard InChI is InChI=1S/C15H18O/c1-2-3-8-15(16)14-10-9-12-6-4-5-7-13(12)11-14/h4-7,14-16H,8-11H2,1H3. The molecule has 1 aromatic carbocycles. The van der Waals surface area contributed by atoms with Crippen LogP contribution in [0.4, 0.5) is 0 Å². The number of hydrogen-bond acceptors (Lipinski definition) is 1. The lowest BCUT2D eigenvalue weighted by Gasteiger charge is -2.27. The quantitative estimate of drug-likeness (QED) is 0.750. The Hall–Kier alpha value is -1.26. The summed E-state index contributed by atoms with van der Waals surface area (Å²) in [6.45, 7) is 1.82. The molecule has 0 amide bonds. The summed E-state index contributed by atoms with van der Waals surface area (Å²) in [5.41, 5.74) is 2.86. The van der Waals surface area contributed by atoms with Gasteiger partial charge in [0, 0.05) is 6.42 Å². The van der Waals surface area contributed by atoms with E-state index in [0.717, 1.165) is 19.3 Å². The molecule has 1 heteroatoms. The van der Waals surface area contributed by atoms with Crippen molar-refractivity contribution >= 4 is 0 Å². The van der Waals surface area contributed by atoms with Crippen molar-refractivity contribution in [2.45, 2.75) is 38.7 Å². The lowest BCUT2D eigenvalue weighted by atomic mass is 9.80. The number of aliphatic hydroxyl groups is 1. The van der Waals surface area contributed by atoms with E-state index in [0.29, 0.717) is 12.3 Å². The Balaban J connectivity index is 2.04. The van der Waals surface area contributed by atoms with Crippen molar-refractivity contribution in [1.82, 2.24) is 0 Å². The van der Waals surface area contributed by atoms with Gasteiger partial charge in [0.1, 0.15) is 0 Å². The first-order chi connectivity index (χ1) is 7.81. The van der Waals surface area contributed by atoms with Gasteiger partial charge in [0.2, 0.25) is 0 Å². The van der Waals surface area contributed by atoms with Crippen molar-refractivity contribution in [3.05, 3.63) is 35.4 Å². The molecule has 2 unspecified atom stereocenters. The molecular formula is C15H18O. The fourth-order valence-electron chi connectivity index (χ4n) is 2.43. The zero-order valence-corrected chi connectivity index (χ0v) is 9.74. The Bertz CT molecular complexity index is 411. The Kier molecular flexibility index (Phi) is 3.64. The second-order valence-corrected chi connectivity index (χ2v) is 4.47. The summed E-state index contributed by atoms with van der Waals surface area (Å²) < 4.78 is 0. The highest BCUT2D eigenvalue weighted by molar-refractivity contribution is 5.29. The third-order valence-corrected chi connectivity index (χ3v) is 3.42. The molecule has 2 rings (SSSR count). The third kappa shape index (κ3) is 2.46. The monoisotopic (exact) mass is 214 g/mol. The predicted molar refractivity (Wildman–Crippen MR) is 66.0 cm³/mol. The van der Waals surface area contributed by atoms with Gasteiger partial charge in [-0.15, -0.1) is 11.8 Å². The lowest BCUT2D eigenvalue weighted by molar-refractivity contribution is 0.104. The van der Waals surface area contributed by atoms with E-state index in [1.807, 2.05) is 6.92 Å². The summed E-state index contributed by atoms with van der Waals surface area (Å²) in [6, 6.07) is 8.56. The van der Waals surface area contributed by atoms with Crippen LogP contribution in [0.5, 0.6) is 0 Å². The number of benzene rings is 1. The highest BCUT2D eigenvalue weighted by atomic mass is 16.3. The predicted octanol–water partition coefficient (Wildman–Crippen LogP) is 2.57. The Morgan fingerprint density at radius 1 is 1.38 bits per heavy atom. The molecule has 0 radical (unpaired) electrons. The van der Waals surface area contributed by atoms with Crippen LogP contribution >= 0.6 is 0 Å². The Morgan fingerprint density at radius 2 is 2.12 bits per heavy atom. The van der Waals surface area contributed by atoms with Gasteiger partial charge < -0.3 is 5.11 Å². The molecule has 1 N–H and O–H groups in total. The molecule has 84 valence electrons. The summed E-state index contributed by atoms with van der Waals surface area (Å²) in [6.07, 6.45) is 3.54. The van der Waals surface area contributed by atoms with Crippen LogP contribution in [0.25, 0.3) is 0 Å². The fraction of sp³-hybridized carbons (Fsp3) is 0.467. The Labute approximate surface area is 97.5 Å². The van der Waals surface area contributed by atoms with Gasteiger partial charge in [0.25, 0.3) is 0 Å². The smallest absolute Gasteiger partial charge is 0.0680 e. The minimum atomic E-state index is -0.263. The van der Waals surface area contributed by atoms with Crippen LogP contribution in [0.1, 0.15) is 30.9 Å². The molecule has 0 aromatic heterocycles. The van der Waals surface area contributed by atoms with E-state index in [2.05, 4.69) is 36.1 Å². The van der Waals surface area contributed by atoms with Gasteiger partial charge >= 0.3 is 0 Å². The molecule has 0 spiro atoms. The normalized spacial score (nSPS) is 20.5. The number of aryl methyl sites for hydroxylation is 1. The third-order valence-electron chi connectivity index (χ3n) is 3.42. The number of fused-ring (bicyclic) bond motifs is 1. The molecule has 1 aliphatic rings. The van der Waals surface area contributed by atoms with Crippen LogP contribution in [-0.2, 0) is 12.8 Å². The summed E-state index contributed by atoms with van der Waals surface area (Å²) >= 11 is 0. The highest BCUT2D eigenvalue weighted by Crippen LogP contribution is 2.28. The average molecular weight is 214 g/mol. The van der Waals surface area contributed by atoms with E-state index in [-0.39, 0.29) is 6.10 Å². The maximum absolute atomic E-state index is 10.0. The molecule has 0 heterocycles. The molecule has 1 aliphatic carbocycles. The van der Waals surface area contributed by atoms with Crippen LogP contribution in [-0.4, -0.2) is 11.2 Å². The van der Waals surface area contributed by atoms with Gasteiger partial charge in [-0.2, -0.15) is 0 Å². The largest absolute Gasteiger partial charge is 0.392 e. The van der Waals surface area contributed by atoms with Crippen molar-refractivity contribution in [1.29, 1.82) is 0 Å². The number of hydrogen-bond donors (Lipinski definition) is 1. The average Bonchev–Trinajstić information content (AvgIpc) is 2.35. The molecule has 0 saturated heterocycles. The topological polar surface area (TPSA) is 20.2 Å². The van der Waals surface area contributed by atoms with Crippen LogP contribution < -0.4 is 0 Å². The Morgan fingerprint density at radius 3 is 2.88 bits per heavy atom. The van der Waals surface area contributed by atoms with Crippen LogP contribution in [0, 0.1) is 17.8 Å². The van der Waals surface area contributed by atoms with Gasteiger partial charge in [-0.3, -0.25) is 0 Å². The highest BCUT2D eigenvalue weighted by Gasteiger charge is 2.23. The maximum Gasteiger partial charge on any atom is 0.0680 e. The van der Waals surface area contributed by atoms with Gasteiger partial charge in [0.15, 0.2) is 0 Å². The molecule has 0 saturated carbocycles. The van der Waals surface area contributed by atoms with E-state index in [1.54, 1.807) is 0 Å². The minimum absolute atomic E-state index is 0.263. The maximum atomic E-state index is 10.0. The van der Waals surface area contributed by atoms with Crippen molar-refractivity contribution in [3.8, 4) is 11.8 Å². The van der Waals surface area contributed by atoms with Crippen molar-refractivity contribution in [2.75, 3.05) is 0 Å². The molecule has 0 fully saturated rings. The first-order valence-corrected chi connectivity index (χ1v) is 5.95. The molecule has 0 aliphatic heterocycles. The van der Waals surface area contributed by atoms with Crippen molar-refractivity contribution in [2.24, 2.45) is 5.92 Å². The van der Waals surface area contributed by atoms with Crippen molar-refractivity contribution in [3.63, 3.8) is 0 Å². The molecule has 2 atom stereocenters. The van der Waals surface area contributed by atoms with E-state index in [9.17, 15) is 5.11 Å². The number of rotatable bonds is 2. The SMILES string of the molecule is CC#CCC(O)C1CCc2ccccc2C1. The summed E-state index contributed by atoms with van der Waals surface area (Å²) in [4.78, 5) is 0. The first-order valence-electron chi connectivity index (χ1n) is 5.95. The van der Waals surface area contributed by atoms with Crippen LogP contribution in [0.3, 0.4) is 0 Å². The van der Waals surface area contributed by atoms with Gasteiger partial charge in [-0.1, -0.05) is 24.3 Å². The first kappa shape index (κ1) is 11.2. The minimum Gasteiger partial charge on any atom is -0.392 e. The van der Waals surface area contributed by atoms with E-state index < -0.39 is 0 Å². The zero-order chi connectivity index (χ0) is 11.4. The van der Waals surface area contributed by atoms with E-state index in [1.165, 1.54) is 11.1 Å². The summed E-state index contributed by atoms with van der Waals surface area (Å²) in [5, 5.41) is 10.0. The van der Waals surface area contributed by atoms with Gasteiger partial charge in [-0.05, 0) is 43.2 Å².